The summed E-state index contributed by atoms with van der Waals surface area (Å²) in [6.45, 7) is 3.35. The van der Waals surface area contributed by atoms with Gasteiger partial charge in [0, 0.05) is 29.8 Å². The van der Waals surface area contributed by atoms with Crippen LogP contribution in [0.2, 0.25) is 5.02 Å². The third kappa shape index (κ3) is 3.20. The molecule has 0 bridgehead atoms. The van der Waals surface area contributed by atoms with Crippen LogP contribution in [0.5, 0.6) is 0 Å². The second-order valence-electron chi connectivity index (χ2n) is 4.32. The lowest BCUT2D eigenvalue weighted by molar-refractivity contribution is 0.0696. The molecule has 1 heterocycles. The van der Waals surface area contributed by atoms with E-state index in [4.69, 9.17) is 16.3 Å². The van der Waals surface area contributed by atoms with Crippen LogP contribution in [0.3, 0.4) is 0 Å². The monoisotopic (exact) mass is 253 g/mol. The van der Waals surface area contributed by atoms with E-state index in [2.05, 4.69) is 5.32 Å². The van der Waals surface area contributed by atoms with Gasteiger partial charge in [-0.1, -0.05) is 11.6 Å². The fraction of sp³-hybridized carbons (Fsp3) is 0.462. The van der Waals surface area contributed by atoms with Crippen molar-refractivity contribution in [3.8, 4) is 0 Å². The Morgan fingerprint density at radius 3 is 2.76 bits per heavy atom. The molecule has 0 radical (unpaired) electrons. The van der Waals surface area contributed by atoms with E-state index in [1.54, 1.807) is 18.2 Å². The number of nitrogens with one attached hydrogen (secondary N) is 1. The number of ether oxygens (including phenoxy) is 1. The van der Waals surface area contributed by atoms with E-state index in [9.17, 15) is 4.79 Å². The number of aryl methyl sites for hydroxylation is 1. The largest absolute Gasteiger partial charge is 0.381 e. The third-order valence-corrected chi connectivity index (χ3v) is 3.22. The lowest BCUT2D eigenvalue weighted by Crippen LogP contribution is -2.39. The highest BCUT2D eigenvalue weighted by molar-refractivity contribution is 6.30. The minimum Gasteiger partial charge on any atom is -0.381 e. The first-order valence-electron chi connectivity index (χ1n) is 5.81. The van der Waals surface area contributed by atoms with Crippen LogP contribution in [-0.4, -0.2) is 25.2 Å². The highest BCUT2D eigenvalue weighted by atomic mass is 35.5. The van der Waals surface area contributed by atoms with Crippen LogP contribution in [0.25, 0.3) is 0 Å². The lowest BCUT2D eigenvalue weighted by atomic mass is 10.1. The Labute approximate surface area is 106 Å². The summed E-state index contributed by atoms with van der Waals surface area (Å²) in [6, 6.07) is 5.55. The van der Waals surface area contributed by atoms with Gasteiger partial charge in [-0.2, -0.15) is 0 Å². The summed E-state index contributed by atoms with van der Waals surface area (Å²) < 4.78 is 5.26. The van der Waals surface area contributed by atoms with Crippen LogP contribution >= 0.6 is 11.6 Å². The van der Waals surface area contributed by atoms with Gasteiger partial charge in [0.15, 0.2) is 0 Å². The molecule has 1 aromatic rings. The quantitative estimate of drug-likeness (QED) is 0.880. The van der Waals surface area contributed by atoms with Crippen LogP contribution in [-0.2, 0) is 4.74 Å². The molecule has 0 spiro atoms. The van der Waals surface area contributed by atoms with Gasteiger partial charge in [-0.05, 0) is 43.5 Å². The number of carbonyl (C=O) groups excluding carboxylic acids is 1. The molecule has 17 heavy (non-hydrogen) atoms. The van der Waals surface area contributed by atoms with Gasteiger partial charge in [-0.25, -0.2) is 0 Å². The fourth-order valence-electron chi connectivity index (χ4n) is 1.99. The minimum atomic E-state index is -0.0222. The van der Waals surface area contributed by atoms with E-state index in [1.807, 2.05) is 6.92 Å². The Morgan fingerprint density at radius 2 is 2.12 bits per heavy atom. The zero-order valence-electron chi connectivity index (χ0n) is 9.83. The molecule has 0 unspecified atom stereocenters. The highest BCUT2D eigenvalue weighted by Gasteiger charge is 2.17. The van der Waals surface area contributed by atoms with Gasteiger partial charge >= 0.3 is 0 Å². The summed E-state index contributed by atoms with van der Waals surface area (Å²) in [4.78, 5) is 12.1. The highest BCUT2D eigenvalue weighted by Crippen LogP contribution is 2.16. The molecule has 1 amide bonds. The zero-order valence-corrected chi connectivity index (χ0v) is 10.6. The van der Waals surface area contributed by atoms with E-state index in [-0.39, 0.29) is 11.9 Å². The number of carbonyl (C=O) groups is 1. The minimum absolute atomic E-state index is 0.0222. The first kappa shape index (κ1) is 12.4. The van der Waals surface area contributed by atoms with Crippen molar-refractivity contribution in [3.05, 3.63) is 34.3 Å². The van der Waals surface area contributed by atoms with Crippen molar-refractivity contribution in [1.29, 1.82) is 0 Å². The second-order valence-corrected chi connectivity index (χ2v) is 4.76. The summed E-state index contributed by atoms with van der Waals surface area (Å²) in [6.07, 6.45) is 1.77. The van der Waals surface area contributed by atoms with E-state index in [1.165, 1.54) is 0 Å². The topological polar surface area (TPSA) is 38.3 Å². The molecule has 3 nitrogen and oxygen atoms in total. The number of halogens is 1. The van der Waals surface area contributed by atoms with Crippen molar-refractivity contribution < 1.29 is 9.53 Å². The van der Waals surface area contributed by atoms with Crippen LogP contribution in [0.4, 0.5) is 0 Å². The molecule has 0 saturated carbocycles. The van der Waals surface area contributed by atoms with E-state index >= 15 is 0 Å². The van der Waals surface area contributed by atoms with Crippen molar-refractivity contribution in [2.24, 2.45) is 0 Å². The molecule has 1 saturated heterocycles. The second kappa shape index (κ2) is 5.52. The molecule has 0 aromatic heterocycles. The van der Waals surface area contributed by atoms with E-state index in [0.717, 1.165) is 31.6 Å². The predicted molar refractivity (Wildman–Crippen MR) is 67.5 cm³/mol. The Morgan fingerprint density at radius 1 is 1.41 bits per heavy atom. The first-order chi connectivity index (χ1) is 8.16. The third-order valence-electron chi connectivity index (χ3n) is 2.99. The molecule has 4 heteroatoms. The molecule has 92 valence electrons. The summed E-state index contributed by atoms with van der Waals surface area (Å²) in [5, 5.41) is 3.69. The molecular weight excluding hydrogens is 238 g/mol. The normalized spacial score (nSPS) is 16.8. The lowest BCUT2D eigenvalue weighted by Gasteiger charge is -2.23. The molecule has 0 atom stereocenters. The van der Waals surface area contributed by atoms with Crippen LogP contribution in [0, 0.1) is 6.92 Å². The average molecular weight is 254 g/mol. The van der Waals surface area contributed by atoms with Crippen molar-refractivity contribution >= 4 is 17.5 Å². The van der Waals surface area contributed by atoms with Gasteiger partial charge in [0.1, 0.15) is 0 Å². The molecular formula is C13H16ClNO2. The number of amides is 1. The fourth-order valence-corrected chi connectivity index (χ4v) is 2.21. The summed E-state index contributed by atoms with van der Waals surface area (Å²) in [5.41, 5.74) is 1.60. The molecule has 1 fully saturated rings. The van der Waals surface area contributed by atoms with Gasteiger partial charge in [-0.3, -0.25) is 4.79 Å². The molecule has 1 N–H and O–H groups in total. The number of hydrogen-bond donors (Lipinski definition) is 1. The SMILES string of the molecule is Cc1cc(Cl)ccc1C(=O)NC1CCOCC1. The Bertz CT molecular complexity index is 414. The summed E-state index contributed by atoms with van der Waals surface area (Å²) >= 11 is 5.87. The zero-order chi connectivity index (χ0) is 12.3. The van der Waals surface area contributed by atoms with Gasteiger partial charge in [0.2, 0.25) is 0 Å². The number of rotatable bonds is 2. The molecule has 1 aromatic carbocycles. The molecule has 2 rings (SSSR count). The Balaban J connectivity index is 2.03. The maximum atomic E-state index is 12.1. The maximum absolute atomic E-state index is 12.1. The molecule has 1 aliphatic rings. The van der Waals surface area contributed by atoms with Gasteiger partial charge in [0.05, 0.1) is 0 Å². The molecule has 0 aliphatic carbocycles. The standard InChI is InChI=1S/C13H16ClNO2/c1-9-8-10(14)2-3-12(9)13(16)15-11-4-6-17-7-5-11/h2-3,8,11H,4-7H2,1H3,(H,15,16). The van der Waals surface area contributed by atoms with Crippen molar-refractivity contribution in [1.82, 2.24) is 5.32 Å². The Kier molecular flexibility index (Phi) is 4.02. The van der Waals surface area contributed by atoms with Crippen molar-refractivity contribution in [2.45, 2.75) is 25.8 Å². The molecule has 1 aliphatic heterocycles. The van der Waals surface area contributed by atoms with E-state index < -0.39 is 0 Å². The number of benzene rings is 1. The van der Waals surface area contributed by atoms with Crippen molar-refractivity contribution in [3.63, 3.8) is 0 Å². The predicted octanol–water partition coefficient (Wildman–Crippen LogP) is 2.56. The van der Waals surface area contributed by atoms with Crippen LogP contribution < -0.4 is 5.32 Å². The van der Waals surface area contributed by atoms with Crippen LogP contribution in [0.1, 0.15) is 28.8 Å². The smallest absolute Gasteiger partial charge is 0.251 e. The average Bonchev–Trinajstić information content (AvgIpc) is 2.30. The van der Waals surface area contributed by atoms with Crippen molar-refractivity contribution in [2.75, 3.05) is 13.2 Å². The first-order valence-corrected chi connectivity index (χ1v) is 6.19. The van der Waals surface area contributed by atoms with Gasteiger partial charge < -0.3 is 10.1 Å². The van der Waals surface area contributed by atoms with E-state index in [0.29, 0.717) is 10.6 Å². The van der Waals surface area contributed by atoms with Gasteiger partial charge in [0.25, 0.3) is 5.91 Å². The maximum Gasteiger partial charge on any atom is 0.251 e. The Hall–Kier alpha value is -1.06. The summed E-state index contributed by atoms with van der Waals surface area (Å²) in [7, 11) is 0. The number of hydrogen-bond acceptors (Lipinski definition) is 2. The van der Waals surface area contributed by atoms with Crippen LogP contribution in [0.15, 0.2) is 18.2 Å². The van der Waals surface area contributed by atoms with Gasteiger partial charge in [-0.15, -0.1) is 0 Å². The summed E-state index contributed by atoms with van der Waals surface area (Å²) in [5.74, 6) is -0.0222.